The molecule has 1 aliphatic rings. The number of nitrogens with zero attached hydrogens (tertiary/aromatic N) is 1. The van der Waals surface area contributed by atoms with Gasteiger partial charge in [-0.3, -0.25) is 10.0 Å². The van der Waals surface area contributed by atoms with E-state index >= 15 is 0 Å². The first kappa shape index (κ1) is 19.9. The number of anilines is 1. The summed E-state index contributed by atoms with van der Waals surface area (Å²) in [4.78, 5) is 25.5. The predicted octanol–water partition coefficient (Wildman–Crippen LogP) is 4.27. The van der Waals surface area contributed by atoms with Crippen LogP contribution in [0.15, 0.2) is 54.6 Å². The fourth-order valence-corrected chi connectivity index (χ4v) is 3.64. The third-order valence-electron chi connectivity index (χ3n) is 5.26. The molecule has 6 heteroatoms. The van der Waals surface area contributed by atoms with E-state index < -0.39 is 0 Å². The molecule has 1 fully saturated rings. The topological polar surface area (TPSA) is 81.7 Å². The molecule has 3 N–H and O–H groups in total. The number of likely N-dealkylation sites (tertiary alicyclic amines) is 1. The number of amides is 3. The SMILES string of the molecule is O=C(CCCC1CCN(C(=O)Nc2cccc(-c3ccccc3)c2)CC1)NO. The number of carbonyl (C=O) groups excluding carboxylic acids is 2. The Hall–Kier alpha value is -2.86. The molecule has 0 radical (unpaired) electrons. The molecule has 0 aliphatic carbocycles. The molecule has 28 heavy (non-hydrogen) atoms. The second kappa shape index (κ2) is 9.90. The van der Waals surface area contributed by atoms with Crippen molar-refractivity contribution in [2.75, 3.05) is 18.4 Å². The molecule has 6 nitrogen and oxygen atoms in total. The lowest BCUT2D eigenvalue weighted by Crippen LogP contribution is -2.41. The number of rotatable bonds is 6. The van der Waals surface area contributed by atoms with Gasteiger partial charge in [0, 0.05) is 25.2 Å². The molecule has 0 spiro atoms. The summed E-state index contributed by atoms with van der Waals surface area (Å²) in [6.45, 7) is 1.45. The van der Waals surface area contributed by atoms with Crippen LogP contribution in [-0.4, -0.2) is 35.1 Å². The number of nitrogens with one attached hydrogen (secondary N) is 2. The van der Waals surface area contributed by atoms with Gasteiger partial charge < -0.3 is 10.2 Å². The van der Waals surface area contributed by atoms with Crippen LogP contribution in [-0.2, 0) is 4.79 Å². The number of hydrogen-bond acceptors (Lipinski definition) is 3. The first-order valence-corrected chi connectivity index (χ1v) is 9.80. The zero-order valence-electron chi connectivity index (χ0n) is 15.9. The Labute approximate surface area is 165 Å². The second-order valence-corrected chi connectivity index (χ2v) is 7.23. The van der Waals surface area contributed by atoms with Crippen LogP contribution in [0.4, 0.5) is 10.5 Å². The maximum atomic E-state index is 12.6. The fourth-order valence-electron chi connectivity index (χ4n) is 3.64. The van der Waals surface area contributed by atoms with Crippen LogP contribution in [0.5, 0.6) is 0 Å². The van der Waals surface area contributed by atoms with Gasteiger partial charge >= 0.3 is 6.03 Å². The zero-order valence-corrected chi connectivity index (χ0v) is 15.9. The van der Waals surface area contributed by atoms with E-state index in [2.05, 4.69) is 17.4 Å². The highest BCUT2D eigenvalue weighted by atomic mass is 16.5. The van der Waals surface area contributed by atoms with E-state index in [1.165, 1.54) is 0 Å². The van der Waals surface area contributed by atoms with Gasteiger partial charge in [0.15, 0.2) is 0 Å². The summed E-state index contributed by atoms with van der Waals surface area (Å²) in [6.07, 6.45) is 3.93. The quantitative estimate of drug-likeness (QED) is 0.516. The van der Waals surface area contributed by atoms with Crippen LogP contribution in [0.25, 0.3) is 11.1 Å². The molecule has 3 rings (SSSR count). The van der Waals surface area contributed by atoms with Gasteiger partial charge in [-0.2, -0.15) is 0 Å². The molecular formula is C22H27N3O3. The van der Waals surface area contributed by atoms with Crippen molar-refractivity contribution in [1.29, 1.82) is 0 Å². The van der Waals surface area contributed by atoms with Gasteiger partial charge in [0.25, 0.3) is 0 Å². The number of benzene rings is 2. The third-order valence-corrected chi connectivity index (χ3v) is 5.26. The molecule has 0 atom stereocenters. The summed E-state index contributed by atoms with van der Waals surface area (Å²) >= 11 is 0. The molecule has 1 saturated heterocycles. The average molecular weight is 381 g/mol. The molecule has 1 heterocycles. The van der Waals surface area contributed by atoms with Gasteiger partial charge in [-0.15, -0.1) is 0 Å². The van der Waals surface area contributed by atoms with E-state index in [9.17, 15) is 9.59 Å². The van der Waals surface area contributed by atoms with Crippen LogP contribution in [0.2, 0.25) is 0 Å². The van der Waals surface area contributed by atoms with E-state index in [1.807, 2.05) is 47.4 Å². The Morgan fingerprint density at radius 1 is 1.00 bits per heavy atom. The summed E-state index contributed by atoms with van der Waals surface area (Å²) in [6, 6.07) is 17.9. The molecule has 2 aromatic carbocycles. The van der Waals surface area contributed by atoms with Gasteiger partial charge in [0.2, 0.25) is 5.91 Å². The maximum absolute atomic E-state index is 12.6. The predicted molar refractivity (Wildman–Crippen MR) is 109 cm³/mol. The first-order valence-electron chi connectivity index (χ1n) is 9.80. The monoisotopic (exact) mass is 381 g/mol. The largest absolute Gasteiger partial charge is 0.325 e. The summed E-state index contributed by atoms with van der Waals surface area (Å²) < 4.78 is 0. The molecule has 1 aliphatic heterocycles. The lowest BCUT2D eigenvalue weighted by Gasteiger charge is -2.32. The number of hydroxylamine groups is 1. The summed E-state index contributed by atoms with van der Waals surface area (Å²) in [5.41, 5.74) is 4.65. The average Bonchev–Trinajstić information content (AvgIpc) is 2.75. The Morgan fingerprint density at radius 2 is 1.71 bits per heavy atom. The Kier molecular flexibility index (Phi) is 7.03. The van der Waals surface area contributed by atoms with E-state index in [-0.39, 0.29) is 11.9 Å². The third kappa shape index (κ3) is 5.57. The summed E-state index contributed by atoms with van der Waals surface area (Å²) in [5.74, 6) is 0.187. The van der Waals surface area contributed by atoms with Crippen molar-refractivity contribution in [1.82, 2.24) is 10.4 Å². The zero-order chi connectivity index (χ0) is 19.8. The van der Waals surface area contributed by atoms with E-state index in [0.717, 1.165) is 55.6 Å². The molecule has 148 valence electrons. The summed E-state index contributed by atoms with van der Waals surface area (Å²) in [5, 5.41) is 11.5. The van der Waals surface area contributed by atoms with E-state index in [0.29, 0.717) is 12.3 Å². The minimum atomic E-state index is -0.338. The number of hydrogen-bond donors (Lipinski definition) is 3. The van der Waals surface area contributed by atoms with E-state index in [4.69, 9.17) is 5.21 Å². The highest BCUT2D eigenvalue weighted by Gasteiger charge is 2.22. The van der Waals surface area contributed by atoms with Crippen LogP contribution >= 0.6 is 0 Å². The molecule has 0 saturated carbocycles. The molecule has 0 aromatic heterocycles. The van der Waals surface area contributed by atoms with E-state index in [1.54, 1.807) is 5.48 Å². The Bertz CT molecular complexity index is 787. The molecule has 2 aromatic rings. The van der Waals surface area contributed by atoms with Crippen LogP contribution in [0, 0.1) is 5.92 Å². The molecule has 0 unspecified atom stereocenters. The van der Waals surface area contributed by atoms with Crippen molar-refractivity contribution in [3.63, 3.8) is 0 Å². The molecule has 3 amide bonds. The van der Waals surface area contributed by atoms with Crippen molar-refractivity contribution in [3.05, 3.63) is 54.6 Å². The Morgan fingerprint density at radius 3 is 2.43 bits per heavy atom. The van der Waals surface area contributed by atoms with Crippen molar-refractivity contribution in [3.8, 4) is 11.1 Å². The van der Waals surface area contributed by atoms with Gasteiger partial charge in [0.05, 0.1) is 0 Å². The smallest absolute Gasteiger partial charge is 0.321 e. The van der Waals surface area contributed by atoms with Crippen molar-refractivity contribution >= 4 is 17.6 Å². The lowest BCUT2D eigenvalue weighted by atomic mass is 9.91. The van der Waals surface area contributed by atoms with Gasteiger partial charge in [-0.1, -0.05) is 42.5 Å². The van der Waals surface area contributed by atoms with Crippen molar-refractivity contribution in [2.24, 2.45) is 5.92 Å². The van der Waals surface area contributed by atoms with Crippen LogP contribution in [0.3, 0.4) is 0 Å². The standard InChI is InChI=1S/C22H27N3O3/c26-21(24-28)11-4-6-17-12-14-25(15-13-17)22(27)23-20-10-5-9-19(16-20)18-7-2-1-3-8-18/h1-3,5,7-10,16-17,28H,4,6,11-15H2,(H,23,27)(H,24,26). The van der Waals surface area contributed by atoms with Crippen molar-refractivity contribution < 1.29 is 14.8 Å². The number of carbonyl (C=O) groups is 2. The molecule has 0 bridgehead atoms. The normalized spacial score (nSPS) is 14.5. The summed E-state index contributed by atoms with van der Waals surface area (Å²) in [7, 11) is 0. The van der Waals surface area contributed by atoms with Crippen LogP contribution in [0.1, 0.15) is 32.1 Å². The molecular weight excluding hydrogens is 354 g/mol. The van der Waals surface area contributed by atoms with Gasteiger partial charge in [-0.05, 0) is 54.9 Å². The minimum Gasteiger partial charge on any atom is -0.325 e. The Balaban J connectivity index is 1.48. The maximum Gasteiger partial charge on any atom is 0.321 e. The first-order chi connectivity index (χ1) is 13.7. The minimum absolute atomic E-state index is 0.0664. The highest BCUT2D eigenvalue weighted by molar-refractivity contribution is 5.90. The fraction of sp³-hybridized carbons (Fsp3) is 0.364. The number of piperidine rings is 1. The lowest BCUT2D eigenvalue weighted by molar-refractivity contribution is -0.129. The van der Waals surface area contributed by atoms with Crippen molar-refractivity contribution in [2.45, 2.75) is 32.1 Å². The van der Waals surface area contributed by atoms with Crippen LogP contribution < -0.4 is 10.8 Å². The second-order valence-electron chi connectivity index (χ2n) is 7.23. The number of urea groups is 1. The van der Waals surface area contributed by atoms with Gasteiger partial charge in [0.1, 0.15) is 0 Å². The highest BCUT2D eigenvalue weighted by Crippen LogP contribution is 2.25. The van der Waals surface area contributed by atoms with Gasteiger partial charge in [-0.25, -0.2) is 10.3 Å².